The molecule has 2 atom stereocenters. The molecule has 0 aromatic heterocycles. The standard InChI is InChI=1S/C20H24N2O3/c1-3-14(2)18(23)13-21-19(24)15-9-11-16(12-10-15)20(25)22-17-7-5-4-6-8-17/h4-12,14,18,23H,3,13H2,1-2H3,(H,21,24)(H,22,25). The molecule has 0 aliphatic rings. The van der Waals surface area contributed by atoms with Crippen molar-refractivity contribution in [3.05, 3.63) is 65.7 Å². The Bertz CT molecular complexity index is 699. The highest BCUT2D eigenvalue weighted by atomic mass is 16.3. The van der Waals surface area contributed by atoms with Crippen LogP contribution in [0.25, 0.3) is 0 Å². The van der Waals surface area contributed by atoms with E-state index in [-0.39, 0.29) is 24.3 Å². The molecule has 0 aliphatic carbocycles. The second-order valence-electron chi connectivity index (χ2n) is 6.06. The maximum atomic E-state index is 12.2. The van der Waals surface area contributed by atoms with Crippen molar-refractivity contribution in [2.45, 2.75) is 26.4 Å². The van der Waals surface area contributed by atoms with Crippen LogP contribution in [0, 0.1) is 5.92 Å². The van der Waals surface area contributed by atoms with E-state index in [4.69, 9.17) is 0 Å². The van der Waals surface area contributed by atoms with E-state index in [0.29, 0.717) is 16.8 Å². The van der Waals surface area contributed by atoms with Crippen LogP contribution in [0.4, 0.5) is 5.69 Å². The minimum absolute atomic E-state index is 0.129. The van der Waals surface area contributed by atoms with E-state index in [1.807, 2.05) is 44.2 Å². The van der Waals surface area contributed by atoms with Crippen LogP contribution < -0.4 is 10.6 Å². The number of amides is 2. The molecule has 0 bridgehead atoms. The van der Waals surface area contributed by atoms with Crippen molar-refractivity contribution in [2.75, 3.05) is 11.9 Å². The third kappa shape index (κ3) is 5.43. The van der Waals surface area contributed by atoms with Crippen LogP contribution in [0.3, 0.4) is 0 Å². The lowest BCUT2D eigenvalue weighted by molar-refractivity contribution is 0.0850. The van der Waals surface area contributed by atoms with Gasteiger partial charge >= 0.3 is 0 Å². The Morgan fingerprint density at radius 3 is 2.08 bits per heavy atom. The SMILES string of the molecule is CCC(C)C(O)CNC(=O)c1ccc(C(=O)Nc2ccccc2)cc1. The van der Waals surface area contributed by atoms with Crippen molar-refractivity contribution >= 4 is 17.5 Å². The molecule has 132 valence electrons. The van der Waals surface area contributed by atoms with Crippen LogP contribution in [-0.4, -0.2) is 29.6 Å². The lowest BCUT2D eigenvalue weighted by Crippen LogP contribution is -2.35. The van der Waals surface area contributed by atoms with Gasteiger partial charge in [0.1, 0.15) is 0 Å². The highest BCUT2D eigenvalue weighted by Gasteiger charge is 2.14. The molecule has 0 saturated heterocycles. The summed E-state index contributed by atoms with van der Waals surface area (Å²) in [5.41, 5.74) is 1.64. The van der Waals surface area contributed by atoms with Crippen LogP contribution in [0.1, 0.15) is 41.0 Å². The molecule has 0 fully saturated rings. The third-order valence-electron chi connectivity index (χ3n) is 4.21. The van der Waals surface area contributed by atoms with Crippen LogP contribution in [-0.2, 0) is 0 Å². The molecule has 0 saturated carbocycles. The second kappa shape index (κ2) is 8.99. The minimum atomic E-state index is -0.565. The number of aliphatic hydroxyl groups is 1. The van der Waals surface area contributed by atoms with E-state index in [1.54, 1.807) is 24.3 Å². The Labute approximate surface area is 148 Å². The minimum Gasteiger partial charge on any atom is -0.391 e. The Kier molecular flexibility index (Phi) is 6.71. The highest BCUT2D eigenvalue weighted by Crippen LogP contribution is 2.10. The average Bonchev–Trinajstić information content (AvgIpc) is 2.66. The van der Waals surface area contributed by atoms with Crippen LogP contribution in [0.2, 0.25) is 0 Å². The highest BCUT2D eigenvalue weighted by molar-refractivity contribution is 6.05. The molecule has 2 amide bonds. The van der Waals surface area contributed by atoms with Gasteiger partial charge in [0.2, 0.25) is 0 Å². The third-order valence-corrected chi connectivity index (χ3v) is 4.21. The first kappa shape index (κ1) is 18.7. The van der Waals surface area contributed by atoms with E-state index in [1.165, 1.54) is 0 Å². The molecule has 0 aliphatic heterocycles. The molecule has 5 heteroatoms. The fraction of sp³-hybridized carbons (Fsp3) is 0.300. The molecule has 2 aromatic carbocycles. The van der Waals surface area contributed by atoms with E-state index >= 15 is 0 Å². The van der Waals surface area contributed by atoms with Crippen molar-refractivity contribution in [1.29, 1.82) is 0 Å². The van der Waals surface area contributed by atoms with Gasteiger partial charge in [-0.3, -0.25) is 9.59 Å². The van der Waals surface area contributed by atoms with Gasteiger partial charge in [0, 0.05) is 23.4 Å². The van der Waals surface area contributed by atoms with Crippen molar-refractivity contribution < 1.29 is 14.7 Å². The molecule has 0 radical (unpaired) electrons. The molecule has 5 nitrogen and oxygen atoms in total. The summed E-state index contributed by atoms with van der Waals surface area (Å²) in [6.07, 6.45) is 0.285. The van der Waals surface area contributed by atoms with Gasteiger partial charge in [-0.1, -0.05) is 38.5 Å². The van der Waals surface area contributed by atoms with Crippen molar-refractivity contribution in [3.8, 4) is 0 Å². The van der Waals surface area contributed by atoms with E-state index in [0.717, 1.165) is 6.42 Å². The van der Waals surface area contributed by atoms with Gasteiger partial charge in [-0.15, -0.1) is 0 Å². The van der Waals surface area contributed by atoms with Crippen LogP contribution >= 0.6 is 0 Å². The quantitative estimate of drug-likeness (QED) is 0.725. The van der Waals surface area contributed by atoms with Gasteiger partial charge in [-0.2, -0.15) is 0 Å². The lowest BCUT2D eigenvalue weighted by Gasteiger charge is -2.17. The zero-order valence-electron chi connectivity index (χ0n) is 14.5. The fourth-order valence-electron chi connectivity index (χ4n) is 2.27. The summed E-state index contributed by atoms with van der Waals surface area (Å²) in [6, 6.07) is 15.6. The number of rotatable bonds is 7. The predicted molar refractivity (Wildman–Crippen MR) is 98.6 cm³/mol. The van der Waals surface area contributed by atoms with Crippen molar-refractivity contribution in [1.82, 2.24) is 5.32 Å². The molecule has 0 heterocycles. The van der Waals surface area contributed by atoms with E-state index < -0.39 is 6.10 Å². The van der Waals surface area contributed by atoms with Gasteiger partial charge in [-0.25, -0.2) is 0 Å². The summed E-state index contributed by atoms with van der Waals surface area (Å²) >= 11 is 0. The summed E-state index contributed by atoms with van der Waals surface area (Å²) in [6.45, 7) is 4.15. The topological polar surface area (TPSA) is 78.4 Å². The molecule has 25 heavy (non-hydrogen) atoms. The molecular formula is C20H24N2O3. The molecule has 2 unspecified atom stereocenters. The number of aliphatic hydroxyl groups excluding tert-OH is 1. The number of benzene rings is 2. The van der Waals surface area contributed by atoms with Crippen molar-refractivity contribution in [2.24, 2.45) is 5.92 Å². The first-order valence-electron chi connectivity index (χ1n) is 8.44. The number of hydrogen-bond acceptors (Lipinski definition) is 3. The zero-order chi connectivity index (χ0) is 18.2. The largest absolute Gasteiger partial charge is 0.391 e. The van der Waals surface area contributed by atoms with Gasteiger partial charge < -0.3 is 15.7 Å². The fourth-order valence-corrected chi connectivity index (χ4v) is 2.27. The Morgan fingerprint density at radius 1 is 0.960 bits per heavy atom. The molecule has 0 spiro atoms. The van der Waals surface area contributed by atoms with Gasteiger partial charge in [-0.05, 0) is 42.3 Å². The van der Waals surface area contributed by atoms with Gasteiger partial charge in [0.05, 0.1) is 6.10 Å². The molecule has 2 aromatic rings. The number of nitrogens with one attached hydrogen (secondary N) is 2. The van der Waals surface area contributed by atoms with Gasteiger partial charge in [0.25, 0.3) is 11.8 Å². The summed E-state index contributed by atoms with van der Waals surface area (Å²) in [5, 5.41) is 15.4. The van der Waals surface area contributed by atoms with Gasteiger partial charge in [0.15, 0.2) is 0 Å². The van der Waals surface area contributed by atoms with Crippen molar-refractivity contribution in [3.63, 3.8) is 0 Å². The van der Waals surface area contributed by atoms with E-state index in [9.17, 15) is 14.7 Å². The smallest absolute Gasteiger partial charge is 0.255 e. The number of para-hydroxylation sites is 1. The number of carbonyl (C=O) groups excluding carboxylic acids is 2. The Morgan fingerprint density at radius 2 is 1.52 bits per heavy atom. The maximum Gasteiger partial charge on any atom is 0.255 e. The summed E-state index contributed by atoms with van der Waals surface area (Å²) in [7, 11) is 0. The molecular weight excluding hydrogens is 316 g/mol. The summed E-state index contributed by atoms with van der Waals surface area (Å²) < 4.78 is 0. The Hall–Kier alpha value is -2.66. The predicted octanol–water partition coefficient (Wildman–Crippen LogP) is 3.08. The number of anilines is 1. The lowest BCUT2D eigenvalue weighted by atomic mass is 10.0. The maximum absolute atomic E-state index is 12.2. The monoisotopic (exact) mass is 340 g/mol. The first-order chi connectivity index (χ1) is 12.0. The second-order valence-corrected chi connectivity index (χ2v) is 6.06. The first-order valence-corrected chi connectivity index (χ1v) is 8.44. The van der Waals surface area contributed by atoms with Crippen LogP contribution in [0.5, 0.6) is 0 Å². The average molecular weight is 340 g/mol. The zero-order valence-corrected chi connectivity index (χ0v) is 14.5. The summed E-state index contributed by atoms with van der Waals surface area (Å²) in [5.74, 6) is -0.368. The Balaban J connectivity index is 1.92. The van der Waals surface area contributed by atoms with E-state index in [2.05, 4.69) is 10.6 Å². The molecule has 2 rings (SSSR count). The normalized spacial score (nSPS) is 12.9. The van der Waals surface area contributed by atoms with Crippen LogP contribution in [0.15, 0.2) is 54.6 Å². The molecule has 3 N–H and O–H groups in total. The summed E-state index contributed by atoms with van der Waals surface area (Å²) in [4.78, 5) is 24.3. The number of hydrogen-bond donors (Lipinski definition) is 3. The number of carbonyl (C=O) groups is 2.